The Kier molecular flexibility index (Phi) is 22.9. The van der Waals surface area contributed by atoms with Gasteiger partial charge in [0.15, 0.2) is 11.6 Å². The number of rotatable bonds is 11. The molecule has 2 rings (SSSR count). The molecule has 1 fully saturated rings. The molecule has 3 amide bonds. The molecule has 0 aromatic heterocycles. The van der Waals surface area contributed by atoms with Crippen LogP contribution in [-0.2, 0) is 20.7 Å². The van der Waals surface area contributed by atoms with Crippen molar-refractivity contribution in [3.63, 3.8) is 0 Å². The highest BCUT2D eigenvalue weighted by Crippen LogP contribution is 2.20. The van der Waals surface area contributed by atoms with Crippen molar-refractivity contribution in [1.82, 2.24) is 25.8 Å². The summed E-state index contributed by atoms with van der Waals surface area (Å²) in [5.74, 6) is -4.08. The molecule has 1 aromatic rings. The minimum absolute atomic E-state index is 0.0467. The van der Waals surface area contributed by atoms with Gasteiger partial charge in [0.1, 0.15) is 11.4 Å². The molecule has 0 spiro atoms. The van der Waals surface area contributed by atoms with Crippen LogP contribution in [0.25, 0.3) is 0 Å². The SMILES string of the molecule is CC.CCCNC=O.CF.CN/C=C1/CN(C(=O)CC(Cc2cc(F)c(F)cc2F)NC(=O)OC(C)(C)C)CCN1CC(F)F. The fraction of sp³-hybridized carbons (Fsp3) is 0.633. The first-order chi connectivity index (χ1) is 21.2. The van der Waals surface area contributed by atoms with Crippen LogP contribution in [0.15, 0.2) is 24.0 Å². The van der Waals surface area contributed by atoms with Crippen molar-refractivity contribution in [3.8, 4) is 0 Å². The number of piperazine rings is 1. The Morgan fingerprint density at radius 3 is 2.13 bits per heavy atom. The van der Waals surface area contributed by atoms with E-state index in [1.165, 1.54) is 16.0 Å². The van der Waals surface area contributed by atoms with Gasteiger partial charge in [-0.25, -0.2) is 26.7 Å². The van der Waals surface area contributed by atoms with Crippen LogP contribution in [0.2, 0.25) is 0 Å². The summed E-state index contributed by atoms with van der Waals surface area (Å²) in [6.07, 6.45) is -0.781. The van der Waals surface area contributed by atoms with Gasteiger partial charge in [-0.05, 0) is 45.2 Å². The van der Waals surface area contributed by atoms with E-state index >= 15 is 0 Å². The molecule has 0 saturated carbocycles. The van der Waals surface area contributed by atoms with Crippen LogP contribution in [0.4, 0.5) is 31.1 Å². The Hall–Kier alpha value is -3.65. The van der Waals surface area contributed by atoms with Gasteiger partial charge in [-0.1, -0.05) is 20.8 Å². The number of ether oxygens (including phenoxy) is 1. The van der Waals surface area contributed by atoms with Gasteiger partial charge in [0.05, 0.1) is 20.3 Å². The number of hydrogen-bond donors (Lipinski definition) is 3. The van der Waals surface area contributed by atoms with Crippen molar-refractivity contribution in [2.24, 2.45) is 0 Å². The Balaban J connectivity index is 0. The first kappa shape index (κ1) is 43.5. The number of nitrogens with zero attached hydrogens (tertiary/aromatic N) is 2. The van der Waals surface area contributed by atoms with Crippen LogP contribution in [0, 0.1) is 17.5 Å². The fourth-order valence-corrected chi connectivity index (χ4v) is 3.83. The predicted molar refractivity (Wildman–Crippen MR) is 162 cm³/mol. The van der Waals surface area contributed by atoms with Gasteiger partial charge < -0.3 is 30.5 Å². The monoisotopic (exact) mass is 657 g/mol. The van der Waals surface area contributed by atoms with E-state index in [9.17, 15) is 40.7 Å². The van der Waals surface area contributed by atoms with Gasteiger partial charge in [-0.2, -0.15) is 0 Å². The van der Waals surface area contributed by atoms with Crippen LogP contribution in [0.5, 0.6) is 0 Å². The summed E-state index contributed by atoms with van der Waals surface area (Å²) in [7, 11) is 2.10. The molecule has 0 bridgehead atoms. The summed E-state index contributed by atoms with van der Waals surface area (Å²) in [5.41, 5.74) is -0.592. The quantitative estimate of drug-likeness (QED) is 0.132. The van der Waals surface area contributed by atoms with Crippen molar-refractivity contribution in [2.45, 2.75) is 78.9 Å². The molecular formula is C30H49F6N5O4. The molecule has 1 saturated heterocycles. The molecule has 15 heteroatoms. The molecule has 1 aromatic carbocycles. The van der Waals surface area contributed by atoms with Gasteiger partial charge in [-0.3, -0.25) is 14.0 Å². The molecule has 1 heterocycles. The van der Waals surface area contributed by atoms with Crippen LogP contribution in [0.1, 0.15) is 59.9 Å². The molecule has 3 N–H and O–H groups in total. The molecule has 9 nitrogen and oxygen atoms in total. The topological polar surface area (TPSA) is 103 Å². The number of amides is 3. The number of carbonyl (C=O) groups excluding carboxylic acids is 3. The van der Waals surface area contributed by atoms with E-state index in [2.05, 4.69) is 16.0 Å². The van der Waals surface area contributed by atoms with Gasteiger partial charge in [-0.15, -0.1) is 0 Å². The molecule has 260 valence electrons. The second-order valence-electron chi connectivity index (χ2n) is 10.3. The molecule has 0 aliphatic carbocycles. The van der Waals surface area contributed by atoms with Crippen LogP contribution in [0.3, 0.4) is 0 Å². The van der Waals surface area contributed by atoms with Crippen LogP contribution < -0.4 is 16.0 Å². The highest BCUT2D eigenvalue weighted by atomic mass is 19.3. The van der Waals surface area contributed by atoms with Crippen molar-refractivity contribution in [2.75, 3.05) is 46.9 Å². The lowest BCUT2D eigenvalue weighted by Gasteiger charge is -2.38. The van der Waals surface area contributed by atoms with E-state index in [1.807, 2.05) is 20.8 Å². The van der Waals surface area contributed by atoms with Crippen molar-refractivity contribution in [1.29, 1.82) is 0 Å². The van der Waals surface area contributed by atoms with Crippen LogP contribution in [-0.4, -0.2) is 93.2 Å². The lowest BCUT2D eigenvalue weighted by Crippen LogP contribution is -2.50. The summed E-state index contributed by atoms with van der Waals surface area (Å²) in [5, 5.41) is 7.78. The Morgan fingerprint density at radius 1 is 1.04 bits per heavy atom. The Bertz CT molecular complexity index is 1040. The Labute approximate surface area is 262 Å². The minimum Gasteiger partial charge on any atom is -0.444 e. The van der Waals surface area contributed by atoms with Crippen LogP contribution >= 0.6 is 0 Å². The first-order valence-electron chi connectivity index (χ1n) is 14.6. The zero-order chi connectivity index (χ0) is 35.2. The van der Waals surface area contributed by atoms with E-state index in [-0.39, 0.29) is 38.0 Å². The summed E-state index contributed by atoms with van der Waals surface area (Å²) in [6, 6.07) is 0.0664. The third-order valence-electron chi connectivity index (χ3n) is 5.60. The smallest absolute Gasteiger partial charge is 0.407 e. The number of alkyl carbamates (subject to hydrolysis) is 1. The van der Waals surface area contributed by atoms with E-state index in [4.69, 9.17) is 4.74 Å². The minimum atomic E-state index is -2.55. The second-order valence-corrected chi connectivity index (χ2v) is 10.3. The summed E-state index contributed by atoms with van der Waals surface area (Å²) in [6.45, 7) is 11.6. The molecule has 1 aliphatic rings. The highest BCUT2D eigenvalue weighted by molar-refractivity contribution is 5.78. The summed E-state index contributed by atoms with van der Waals surface area (Å²) in [4.78, 5) is 37.7. The summed E-state index contributed by atoms with van der Waals surface area (Å²) >= 11 is 0. The average Bonchev–Trinajstić information content (AvgIpc) is 2.97. The van der Waals surface area contributed by atoms with Gasteiger partial charge in [0.2, 0.25) is 12.3 Å². The third-order valence-corrected chi connectivity index (χ3v) is 5.60. The van der Waals surface area contributed by atoms with Crippen molar-refractivity contribution in [3.05, 3.63) is 47.0 Å². The number of halogens is 6. The number of hydrogen-bond acceptors (Lipinski definition) is 6. The third kappa shape index (κ3) is 18.7. The number of alkyl halides is 3. The molecule has 1 unspecified atom stereocenters. The largest absolute Gasteiger partial charge is 0.444 e. The predicted octanol–water partition coefficient (Wildman–Crippen LogP) is 5.15. The normalized spacial score (nSPS) is 14.1. The maximum atomic E-state index is 14.2. The van der Waals surface area contributed by atoms with Crippen molar-refractivity contribution < 1.29 is 45.5 Å². The number of benzene rings is 1. The van der Waals surface area contributed by atoms with E-state index in [0.717, 1.165) is 13.0 Å². The lowest BCUT2D eigenvalue weighted by molar-refractivity contribution is -0.132. The average molecular weight is 658 g/mol. The van der Waals surface area contributed by atoms with E-state index in [1.54, 1.807) is 27.8 Å². The van der Waals surface area contributed by atoms with Gasteiger partial charge >= 0.3 is 6.09 Å². The molecule has 0 radical (unpaired) electrons. The zero-order valence-corrected chi connectivity index (χ0v) is 27.4. The number of nitrogens with one attached hydrogen (secondary N) is 3. The molecule has 45 heavy (non-hydrogen) atoms. The number of carbonyl (C=O) groups is 3. The molecular weight excluding hydrogens is 608 g/mol. The second kappa shape index (κ2) is 23.7. The lowest BCUT2D eigenvalue weighted by atomic mass is 10.0. The van der Waals surface area contributed by atoms with Crippen molar-refractivity contribution >= 4 is 18.4 Å². The first-order valence-corrected chi connectivity index (χ1v) is 14.6. The van der Waals surface area contributed by atoms with Gasteiger partial charge in [0.25, 0.3) is 6.43 Å². The zero-order valence-electron chi connectivity index (χ0n) is 27.4. The van der Waals surface area contributed by atoms with Gasteiger partial charge in [0, 0.05) is 57.1 Å². The fourth-order valence-electron chi connectivity index (χ4n) is 3.83. The Morgan fingerprint density at radius 2 is 1.64 bits per heavy atom. The van der Waals surface area contributed by atoms with E-state index < -0.39 is 54.1 Å². The summed E-state index contributed by atoms with van der Waals surface area (Å²) < 4.78 is 81.8. The molecule has 1 atom stereocenters. The standard InChI is InChI=1S/C23H31F5N4O3.C4H9NO.C2H6.CH3F/c1-23(2,3)35-22(34)30-15(7-14-8-18(25)19(26)10-17(14)24)9-21(33)32-6-5-31(13-20(27)28)16(12-32)11-29-4;1-2-3-5-4-6;2*1-2/h8,10-11,15,20,29H,5-7,9,12-13H2,1-4H3,(H,30,34);4H,2-3H2,1H3,(H,5,6);1-2H3;1H3/b16-11-;;;. The maximum Gasteiger partial charge on any atom is 0.407 e. The highest BCUT2D eigenvalue weighted by Gasteiger charge is 2.29. The maximum absolute atomic E-state index is 14.2. The van der Waals surface area contributed by atoms with E-state index in [0.29, 0.717) is 31.4 Å². The molecule has 1 aliphatic heterocycles.